The van der Waals surface area contributed by atoms with Gasteiger partial charge in [0.2, 0.25) is 0 Å². The number of methoxy groups -OCH3 is 1. The molecule has 0 heterocycles. The Morgan fingerprint density at radius 1 is 1.19 bits per heavy atom. The third-order valence-electron chi connectivity index (χ3n) is 2.93. The van der Waals surface area contributed by atoms with Gasteiger partial charge in [0.25, 0.3) is 0 Å². The fourth-order valence-corrected chi connectivity index (χ4v) is 1.80. The minimum atomic E-state index is -0.965. The van der Waals surface area contributed by atoms with Gasteiger partial charge in [0, 0.05) is 0 Å². The molecule has 0 saturated heterocycles. The van der Waals surface area contributed by atoms with E-state index in [1.165, 1.54) is 19.2 Å². The van der Waals surface area contributed by atoms with E-state index in [-0.39, 0.29) is 12.2 Å². The van der Waals surface area contributed by atoms with Crippen LogP contribution in [0.2, 0.25) is 0 Å². The Kier molecular flexibility index (Phi) is 4.56. The fourth-order valence-electron chi connectivity index (χ4n) is 1.80. The maximum absolute atomic E-state index is 10.9. The van der Waals surface area contributed by atoms with Gasteiger partial charge in [-0.25, -0.2) is 4.79 Å². The summed E-state index contributed by atoms with van der Waals surface area (Å²) in [7, 11) is 1.49. The molecule has 0 bridgehead atoms. The first-order valence-corrected chi connectivity index (χ1v) is 6.22. The number of benzene rings is 2. The molecule has 5 heteroatoms. The number of carbonyl (C=O) groups is 2. The van der Waals surface area contributed by atoms with Gasteiger partial charge >= 0.3 is 5.97 Å². The van der Waals surface area contributed by atoms with E-state index in [4.69, 9.17) is 14.6 Å². The zero-order chi connectivity index (χ0) is 15.2. The van der Waals surface area contributed by atoms with Gasteiger partial charge in [0.05, 0.1) is 18.2 Å². The molecule has 108 valence electrons. The number of rotatable bonds is 6. The Morgan fingerprint density at radius 2 is 1.90 bits per heavy atom. The Bertz CT molecular complexity index is 646. The maximum Gasteiger partial charge on any atom is 0.335 e. The Hall–Kier alpha value is -2.82. The Labute approximate surface area is 121 Å². The quantitative estimate of drug-likeness (QED) is 0.827. The lowest BCUT2D eigenvalue weighted by molar-refractivity contribution is 0.0696. The van der Waals surface area contributed by atoms with Crippen molar-refractivity contribution in [2.45, 2.75) is 6.61 Å². The highest BCUT2D eigenvalue weighted by atomic mass is 16.5. The van der Waals surface area contributed by atoms with E-state index in [9.17, 15) is 9.59 Å². The third-order valence-corrected chi connectivity index (χ3v) is 2.93. The van der Waals surface area contributed by atoms with Gasteiger partial charge in [-0.2, -0.15) is 0 Å². The summed E-state index contributed by atoms with van der Waals surface area (Å²) in [5.74, 6) is 0.0663. The summed E-state index contributed by atoms with van der Waals surface area (Å²) in [4.78, 5) is 21.7. The van der Waals surface area contributed by atoms with Crippen LogP contribution in [0.1, 0.15) is 26.3 Å². The van der Waals surface area contributed by atoms with Crippen LogP contribution in [0, 0.1) is 0 Å². The van der Waals surface area contributed by atoms with Crippen LogP contribution in [0.4, 0.5) is 0 Å². The molecular formula is C16H14O5. The van der Waals surface area contributed by atoms with Gasteiger partial charge in [0.15, 0.2) is 6.29 Å². The molecule has 1 N–H and O–H groups in total. The second kappa shape index (κ2) is 6.56. The van der Waals surface area contributed by atoms with E-state index >= 15 is 0 Å². The van der Waals surface area contributed by atoms with Gasteiger partial charge in [-0.1, -0.05) is 12.1 Å². The number of carboxylic acid groups (broad SMARTS) is 1. The lowest BCUT2D eigenvalue weighted by Gasteiger charge is -2.09. The van der Waals surface area contributed by atoms with Gasteiger partial charge in [-0.15, -0.1) is 0 Å². The van der Waals surface area contributed by atoms with E-state index in [2.05, 4.69) is 0 Å². The van der Waals surface area contributed by atoms with Crippen LogP contribution in [0.15, 0.2) is 42.5 Å². The molecule has 0 saturated carbocycles. The van der Waals surface area contributed by atoms with Crippen LogP contribution in [0.5, 0.6) is 11.5 Å². The van der Waals surface area contributed by atoms with Gasteiger partial charge < -0.3 is 14.6 Å². The first kappa shape index (κ1) is 14.6. The predicted molar refractivity (Wildman–Crippen MR) is 76.1 cm³/mol. The molecule has 0 aliphatic rings. The molecule has 2 rings (SSSR count). The number of carboxylic acids is 1. The number of hydrogen-bond donors (Lipinski definition) is 1. The summed E-state index contributed by atoms with van der Waals surface area (Å²) in [6.07, 6.45) is 0.702. The zero-order valence-corrected chi connectivity index (χ0v) is 11.4. The summed E-state index contributed by atoms with van der Waals surface area (Å²) in [6, 6.07) is 11.4. The van der Waals surface area contributed by atoms with Gasteiger partial charge in [-0.3, -0.25) is 4.79 Å². The SMILES string of the molecule is COc1ccc(OCc2ccc(C(=O)O)cc2)cc1C=O. The molecule has 0 aliphatic carbocycles. The second-order valence-electron chi connectivity index (χ2n) is 4.31. The zero-order valence-electron chi connectivity index (χ0n) is 11.4. The highest BCUT2D eigenvalue weighted by molar-refractivity contribution is 5.87. The minimum absolute atomic E-state index is 0.228. The third kappa shape index (κ3) is 3.60. The minimum Gasteiger partial charge on any atom is -0.496 e. The summed E-state index contributed by atoms with van der Waals surface area (Å²) in [5, 5.41) is 8.81. The molecule has 5 nitrogen and oxygen atoms in total. The van der Waals surface area contributed by atoms with Crippen molar-refractivity contribution >= 4 is 12.3 Å². The largest absolute Gasteiger partial charge is 0.496 e. The number of carbonyl (C=O) groups excluding carboxylic acids is 1. The molecule has 0 aliphatic heterocycles. The summed E-state index contributed by atoms with van der Waals surface area (Å²) in [5.41, 5.74) is 1.48. The van der Waals surface area contributed by atoms with Crippen LogP contribution < -0.4 is 9.47 Å². The van der Waals surface area contributed by atoms with Crippen LogP contribution >= 0.6 is 0 Å². The van der Waals surface area contributed by atoms with Crippen molar-refractivity contribution in [3.63, 3.8) is 0 Å². The molecule has 0 unspecified atom stereocenters. The van der Waals surface area contributed by atoms with E-state index in [1.54, 1.807) is 30.3 Å². The predicted octanol–water partition coefficient (Wildman–Crippen LogP) is 2.78. The number of ether oxygens (including phenoxy) is 2. The highest BCUT2D eigenvalue weighted by Gasteiger charge is 2.05. The van der Waals surface area contributed by atoms with Crippen LogP contribution in [0.3, 0.4) is 0 Å². The first-order valence-electron chi connectivity index (χ1n) is 6.22. The monoisotopic (exact) mass is 286 g/mol. The van der Waals surface area contributed by atoms with Crippen molar-refractivity contribution in [2.75, 3.05) is 7.11 Å². The molecule has 0 fully saturated rings. The molecular weight excluding hydrogens is 272 g/mol. The summed E-state index contributed by atoms with van der Waals surface area (Å²) in [6.45, 7) is 0.282. The highest BCUT2D eigenvalue weighted by Crippen LogP contribution is 2.23. The average molecular weight is 286 g/mol. The van der Waals surface area contributed by atoms with Gasteiger partial charge in [0.1, 0.15) is 18.1 Å². The Balaban J connectivity index is 2.05. The van der Waals surface area contributed by atoms with Crippen LogP contribution in [-0.2, 0) is 6.61 Å². The second-order valence-corrected chi connectivity index (χ2v) is 4.31. The Morgan fingerprint density at radius 3 is 2.48 bits per heavy atom. The van der Waals surface area contributed by atoms with Crippen molar-refractivity contribution in [3.05, 3.63) is 59.2 Å². The van der Waals surface area contributed by atoms with E-state index < -0.39 is 5.97 Å². The molecule has 0 spiro atoms. The molecule has 21 heavy (non-hydrogen) atoms. The van der Waals surface area contributed by atoms with Crippen LogP contribution in [-0.4, -0.2) is 24.5 Å². The number of aldehydes is 1. The van der Waals surface area contributed by atoms with Crippen molar-refractivity contribution in [2.24, 2.45) is 0 Å². The summed E-state index contributed by atoms with van der Waals surface area (Å²) < 4.78 is 10.6. The van der Waals surface area contributed by atoms with Crippen molar-refractivity contribution < 1.29 is 24.2 Å². The normalized spacial score (nSPS) is 9.95. The number of hydrogen-bond acceptors (Lipinski definition) is 4. The van der Waals surface area contributed by atoms with E-state index in [0.29, 0.717) is 23.3 Å². The molecule has 0 aromatic heterocycles. The molecule has 2 aromatic carbocycles. The van der Waals surface area contributed by atoms with Crippen molar-refractivity contribution in [1.29, 1.82) is 0 Å². The standard InChI is InChI=1S/C16H14O5/c1-20-15-7-6-14(8-13(15)9-17)21-10-11-2-4-12(5-3-11)16(18)19/h2-9H,10H2,1H3,(H,18,19). The fraction of sp³-hybridized carbons (Fsp3) is 0.125. The lowest BCUT2D eigenvalue weighted by atomic mass is 10.1. The van der Waals surface area contributed by atoms with Crippen LogP contribution in [0.25, 0.3) is 0 Å². The van der Waals surface area contributed by atoms with Crippen molar-refractivity contribution in [3.8, 4) is 11.5 Å². The summed E-state index contributed by atoms with van der Waals surface area (Å²) >= 11 is 0. The lowest BCUT2D eigenvalue weighted by Crippen LogP contribution is -1.99. The maximum atomic E-state index is 10.9. The molecule has 2 aromatic rings. The van der Waals surface area contributed by atoms with Gasteiger partial charge in [-0.05, 0) is 35.9 Å². The average Bonchev–Trinajstić information content (AvgIpc) is 2.52. The first-order chi connectivity index (χ1) is 10.1. The van der Waals surface area contributed by atoms with E-state index in [0.717, 1.165) is 5.56 Å². The topological polar surface area (TPSA) is 72.8 Å². The number of aromatic carboxylic acids is 1. The van der Waals surface area contributed by atoms with E-state index in [1.807, 2.05) is 0 Å². The molecule has 0 amide bonds. The molecule has 0 radical (unpaired) electrons. The smallest absolute Gasteiger partial charge is 0.335 e. The molecule has 0 atom stereocenters. The van der Waals surface area contributed by atoms with Crippen molar-refractivity contribution in [1.82, 2.24) is 0 Å².